The zero-order valence-corrected chi connectivity index (χ0v) is 11.1. The molecule has 1 N–H and O–H groups in total. The van der Waals surface area contributed by atoms with E-state index in [0.29, 0.717) is 6.54 Å². The number of anilines is 1. The van der Waals surface area contributed by atoms with E-state index in [9.17, 15) is 4.79 Å². The number of rotatable bonds is 5. The van der Waals surface area contributed by atoms with Crippen molar-refractivity contribution in [2.24, 2.45) is 0 Å². The molecule has 1 aliphatic rings. The first-order chi connectivity index (χ1) is 8.72. The van der Waals surface area contributed by atoms with E-state index in [4.69, 9.17) is 0 Å². The number of para-hydroxylation sites is 1. The van der Waals surface area contributed by atoms with Crippen LogP contribution in [0.15, 0.2) is 24.3 Å². The van der Waals surface area contributed by atoms with Crippen molar-refractivity contribution in [3.63, 3.8) is 0 Å². The number of carbonyl (C=O) groups excluding carboxylic acids is 1. The van der Waals surface area contributed by atoms with Crippen LogP contribution in [0.4, 0.5) is 5.69 Å². The Labute approximate surface area is 109 Å². The van der Waals surface area contributed by atoms with Crippen LogP contribution in [-0.4, -0.2) is 51.1 Å². The molecule has 1 heterocycles. The van der Waals surface area contributed by atoms with E-state index in [2.05, 4.69) is 16.3 Å². The molecule has 0 bridgehead atoms. The predicted octanol–water partition coefficient (Wildman–Crippen LogP) is 0.727. The van der Waals surface area contributed by atoms with Crippen LogP contribution < -0.4 is 10.2 Å². The summed E-state index contributed by atoms with van der Waals surface area (Å²) in [7, 11) is 3.91. The Kier molecular flexibility index (Phi) is 4.33. The van der Waals surface area contributed by atoms with Gasteiger partial charge in [-0.3, -0.25) is 9.69 Å². The van der Waals surface area contributed by atoms with Gasteiger partial charge in [-0.05, 0) is 32.1 Å². The Morgan fingerprint density at radius 1 is 1.44 bits per heavy atom. The van der Waals surface area contributed by atoms with Gasteiger partial charge in [0.1, 0.15) is 0 Å². The van der Waals surface area contributed by atoms with E-state index in [0.717, 1.165) is 31.7 Å². The minimum atomic E-state index is 0.193. The summed E-state index contributed by atoms with van der Waals surface area (Å²) < 4.78 is 0. The average molecular weight is 247 g/mol. The summed E-state index contributed by atoms with van der Waals surface area (Å²) in [6, 6.07) is 8.17. The van der Waals surface area contributed by atoms with Gasteiger partial charge in [-0.1, -0.05) is 18.2 Å². The molecule has 0 fully saturated rings. The summed E-state index contributed by atoms with van der Waals surface area (Å²) in [4.78, 5) is 16.2. The van der Waals surface area contributed by atoms with Gasteiger partial charge in [0, 0.05) is 25.3 Å². The van der Waals surface area contributed by atoms with Crippen LogP contribution in [0, 0.1) is 0 Å². The first-order valence-electron chi connectivity index (χ1n) is 6.44. The molecule has 4 nitrogen and oxygen atoms in total. The first-order valence-corrected chi connectivity index (χ1v) is 6.44. The molecule has 0 aromatic heterocycles. The number of nitrogens with zero attached hydrogens (tertiary/aromatic N) is 2. The Bertz CT molecular complexity index is 419. The highest BCUT2D eigenvalue weighted by molar-refractivity contribution is 5.96. The summed E-state index contributed by atoms with van der Waals surface area (Å²) in [6.07, 6.45) is 0.974. The number of likely N-dealkylation sites (N-methyl/N-ethyl adjacent to an activating group) is 2. The topological polar surface area (TPSA) is 35.6 Å². The maximum Gasteiger partial charge on any atom is 0.241 e. The van der Waals surface area contributed by atoms with Crippen LogP contribution >= 0.6 is 0 Å². The van der Waals surface area contributed by atoms with E-state index in [1.807, 2.05) is 37.2 Å². The van der Waals surface area contributed by atoms with Gasteiger partial charge in [0.25, 0.3) is 0 Å². The van der Waals surface area contributed by atoms with Crippen LogP contribution in [0.3, 0.4) is 0 Å². The number of hydrogen-bond acceptors (Lipinski definition) is 3. The molecule has 0 atom stereocenters. The molecule has 0 aliphatic carbocycles. The van der Waals surface area contributed by atoms with Crippen molar-refractivity contribution >= 4 is 11.6 Å². The largest absolute Gasteiger partial charge is 0.318 e. The van der Waals surface area contributed by atoms with Gasteiger partial charge in [0.05, 0.1) is 6.54 Å². The number of nitrogens with one attached hydrogen (secondary N) is 1. The normalized spacial score (nSPS) is 14.1. The Morgan fingerprint density at radius 3 is 3.00 bits per heavy atom. The van der Waals surface area contributed by atoms with Crippen molar-refractivity contribution in [1.29, 1.82) is 0 Å². The maximum atomic E-state index is 12.2. The molecule has 1 aliphatic heterocycles. The highest BCUT2D eigenvalue weighted by atomic mass is 16.2. The smallest absolute Gasteiger partial charge is 0.241 e. The van der Waals surface area contributed by atoms with Crippen LogP contribution in [0.5, 0.6) is 0 Å². The average Bonchev–Trinajstić information content (AvgIpc) is 2.80. The zero-order chi connectivity index (χ0) is 13.0. The molecule has 0 saturated heterocycles. The third kappa shape index (κ3) is 2.89. The van der Waals surface area contributed by atoms with E-state index in [1.54, 1.807) is 0 Å². The second-order valence-electron chi connectivity index (χ2n) is 4.77. The summed E-state index contributed by atoms with van der Waals surface area (Å²) in [5.74, 6) is 0.193. The molecule has 4 heteroatoms. The van der Waals surface area contributed by atoms with Gasteiger partial charge in [-0.25, -0.2) is 0 Å². The van der Waals surface area contributed by atoms with Crippen molar-refractivity contribution in [1.82, 2.24) is 10.2 Å². The fraction of sp³-hybridized carbons (Fsp3) is 0.500. The minimum Gasteiger partial charge on any atom is -0.318 e. The molecule has 98 valence electrons. The highest BCUT2D eigenvalue weighted by Gasteiger charge is 2.24. The Hall–Kier alpha value is -1.39. The van der Waals surface area contributed by atoms with Gasteiger partial charge in [-0.15, -0.1) is 0 Å². The Balaban J connectivity index is 1.95. The number of amides is 1. The van der Waals surface area contributed by atoms with Gasteiger partial charge in [-0.2, -0.15) is 0 Å². The first kappa shape index (κ1) is 13.1. The van der Waals surface area contributed by atoms with Crippen molar-refractivity contribution < 1.29 is 4.79 Å². The molecule has 18 heavy (non-hydrogen) atoms. The van der Waals surface area contributed by atoms with Crippen LogP contribution in [0.25, 0.3) is 0 Å². The van der Waals surface area contributed by atoms with Gasteiger partial charge in [0.2, 0.25) is 5.91 Å². The SMILES string of the molecule is CNCCN(C)CC(=O)N1CCc2ccccc21. The molecular formula is C14H21N3O. The molecule has 0 unspecified atom stereocenters. The lowest BCUT2D eigenvalue weighted by atomic mass is 10.2. The third-order valence-corrected chi connectivity index (χ3v) is 3.34. The van der Waals surface area contributed by atoms with Crippen molar-refractivity contribution in [2.45, 2.75) is 6.42 Å². The lowest BCUT2D eigenvalue weighted by Gasteiger charge is -2.22. The molecule has 2 rings (SSSR count). The second-order valence-corrected chi connectivity index (χ2v) is 4.77. The van der Waals surface area contributed by atoms with Crippen molar-refractivity contribution in [3.8, 4) is 0 Å². The van der Waals surface area contributed by atoms with Crippen LogP contribution in [0.1, 0.15) is 5.56 Å². The van der Waals surface area contributed by atoms with Crippen LogP contribution in [-0.2, 0) is 11.2 Å². The van der Waals surface area contributed by atoms with Gasteiger partial charge in [0.15, 0.2) is 0 Å². The van der Waals surface area contributed by atoms with Gasteiger partial charge >= 0.3 is 0 Å². The summed E-state index contributed by atoms with van der Waals surface area (Å²) in [5, 5.41) is 3.09. The third-order valence-electron chi connectivity index (χ3n) is 3.34. The lowest BCUT2D eigenvalue weighted by molar-refractivity contribution is -0.119. The fourth-order valence-corrected chi connectivity index (χ4v) is 2.30. The number of carbonyl (C=O) groups is 1. The number of hydrogen-bond donors (Lipinski definition) is 1. The summed E-state index contributed by atoms with van der Waals surface area (Å²) >= 11 is 0. The maximum absolute atomic E-state index is 12.2. The van der Waals surface area contributed by atoms with Gasteiger partial charge < -0.3 is 10.2 Å². The summed E-state index contributed by atoms with van der Waals surface area (Å²) in [6.45, 7) is 3.09. The second kappa shape index (κ2) is 5.98. The summed E-state index contributed by atoms with van der Waals surface area (Å²) in [5.41, 5.74) is 2.37. The number of benzene rings is 1. The fourth-order valence-electron chi connectivity index (χ4n) is 2.30. The molecule has 1 aromatic carbocycles. The quantitative estimate of drug-likeness (QED) is 0.833. The van der Waals surface area contributed by atoms with Crippen LogP contribution in [0.2, 0.25) is 0 Å². The number of fused-ring (bicyclic) bond motifs is 1. The van der Waals surface area contributed by atoms with Crippen molar-refractivity contribution in [3.05, 3.63) is 29.8 Å². The van der Waals surface area contributed by atoms with Crippen molar-refractivity contribution in [2.75, 3.05) is 45.2 Å². The standard InChI is InChI=1S/C14H21N3O/c1-15-8-10-16(2)11-14(18)17-9-7-12-5-3-4-6-13(12)17/h3-6,15H,7-11H2,1-2H3. The molecular weight excluding hydrogens is 226 g/mol. The highest BCUT2D eigenvalue weighted by Crippen LogP contribution is 2.27. The molecule has 1 amide bonds. The molecule has 0 spiro atoms. The monoisotopic (exact) mass is 247 g/mol. The van der Waals surface area contributed by atoms with E-state index in [1.165, 1.54) is 5.56 Å². The molecule has 0 radical (unpaired) electrons. The predicted molar refractivity (Wildman–Crippen MR) is 73.9 cm³/mol. The molecule has 0 saturated carbocycles. The Morgan fingerprint density at radius 2 is 2.22 bits per heavy atom. The van der Waals surface area contributed by atoms with E-state index < -0.39 is 0 Å². The van der Waals surface area contributed by atoms with E-state index >= 15 is 0 Å². The zero-order valence-electron chi connectivity index (χ0n) is 11.1. The van der Waals surface area contributed by atoms with E-state index in [-0.39, 0.29) is 5.91 Å². The molecule has 1 aromatic rings. The lowest BCUT2D eigenvalue weighted by Crippen LogP contribution is -2.40. The minimum absolute atomic E-state index is 0.193.